The van der Waals surface area contributed by atoms with Crippen molar-refractivity contribution < 1.29 is 18.9 Å². The molecule has 0 atom stereocenters. The van der Waals surface area contributed by atoms with Crippen LogP contribution in [0.25, 0.3) is 10.9 Å². The van der Waals surface area contributed by atoms with Crippen molar-refractivity contribution in [3.63, 3.8) is 0 Å². The molecule has 112 valence electrons. The molecule has 0 saturated carbocycles. The molecule has 0 bridgehead atoms. The molecule has 6 heteroatoms. The van der Waals surface area contributed by atoms with Crippen LogP contribution in [-0.4, -0.2) is 38.5 Å². The van der Waals surface area contributed by atoms with Gasteiger partial charge in [0.2, 0.25) is 5.75 Å². The third-order valence-electron chi connectivity index (χ3n) is 3.27. The summed E-state index contributed by atoms with van der Waals surface area (Å²) in [5.74, 6) is 1.79. The molecule has 5 nitrogen and oxygen atoms in total. The predicted molar refractivity (Wildman–Crippen MR) is 79.9 cm³/mol. The lowest BCUT2D eigenvalue weighted by atomic mass is 10.1. The van der Waals surface area contributed by atoms with Crippen LogP contribution in [0.2, 0.25) is 5.02 Å². The normalized spacial score (nSPS) is 13.5. The molecule has 2 heterocycles. The van der Waals surface area contributed by atoms with Crippen LogP contribution in [0.5, 0.6) is 17.2 Å². The molecule has 0 spiro atoms. The number of benzene rings is 1. The van der Waals surface area contributed by atoms with Crippen molar-refractivity contribution in [2.45, 2.75) is 6.92 Å². The van der Waals surface area contributed by atoms with E-state index in [4.69, 9.17) is 30.5 Å². The number of fused-ring (bicyclic) bond motifs is 3. The van der Waals surface area contributed by atoms with Gasteiger partial charge in [0.05, 0.1) is 22.5 Å². The summed E-state index contributed by atoms with van der Waals surface area (Å²) in [4.78, 5) is 4.41. The summed E-state index contributed by atoms with van der Waals surface area (Å²) in [7, 11) is 1.63. The van der Waals surface area contributed by atoms with Crippen molar-refractivity contribution in [3.8, 4) is 17.2 Å². The predicted octanol–water partition coefficient (Wildman–Crippen LogP) is 2.99. The van der Waals surface area contributed by atoms with Gasteiger partial charge in [-0.05, 0) is 12.5 Å². The number of hydrogen-bond acceptors (Lipinski definition) is 5. The first-order chi connectivity index (χ1) is 10.2. The maximum atomic E-state index is 6.41. The molecular formula is C15H16ClNO4. The molecule has 3 rings (SSSR count). The van der Waals surface area contributed by atoms with Gasteiger partial charge in [-0.2, -0.15) is 0 Å². The lowest BCUT2D eigenvalue weighted by molar-refractivity contribution is 0.134. The molecule has 1 aromatic heterocycles. The molecule has 0 saturated heterocycles. The van der Waals surface area contributed by atoms with Crippen LogP contribution in [-0.2, 0) is 4.74 Å². The zero-order valence-electron chi connectivity index (χ0n) is 11.9. The SMILES string of the molecule is COCCOc1cc2ncc(C)c(Cl)c2c2c1OCCO2. The fraction of sp³-hybridized carbons (Fsp3) is 0.400. The van der Waals surface area contributed by atoms with E-state index >= 15 is 0 Å². The quantitative estimate of drug-likeness (QED) is 0.813. The van der Waals surface area contributed by atoms with Gasteiger partial charge in [0.1, 0.15) is 19.8 Å². The zero-order chi connectivity index (χ0) is 14.8. The average molecular weight is 310 g/mol. The van der Waals surface area contributed by atoms with E-state index in [9.17, 15) is 0 Å². The Kier molecular flexibility index (Phi) is 4.03. The smallest absolute Gasteiger partial charge is 0.204 e. The minimum absolute atomic E-state index is 0.428. The van der Waals surface area contributed by atoms with Crippen LogP contribution in [0.1, 0.15) is 5.56 Å². The summed E-state index contributed by atoms with van der Waals surface area (Å²) < 4.78 is 22.2. The van der Waals surface area contributed by atoms with Crippen LogP contribution >= 0.6 is 11.6 Å². The van der Waals surface area contributed by atoms with E-state index in [2.05, 4.69) is 4.98 Å². The standard InChI is InChI=1S/C15H16ClNO4/c1-9-8-17-10-7-11(19-4-3-18-2)14-15(12(10)13(9)16)21-6-5-20-14/h7-8H,3-6H2,1-2H3. The van der Waals surface area contributed by atoms with Crippen molar-refractivity contribution in [2.75, 3.05) is 33.5 Å². The first kappa shape index (κ1) is 14.2. The van der Waals surface area contributed by atoms with E-state index < -0.39 is 0 Å². The van der Waals surface area contributed by atoms with Gasteiger partial charge in [-0.3, -0.25) is 4.98 Å². The molecule has 1 aliphatic heterocycles. The molecule has 0 N–H and O–H groups in total. The van der Waals surface area contributed by atoms with Crippen molar-refractivity contribution in [3.05, 3.63) is 22.8 Å². The monoisotopic (exact) mass is 309 g/mol. The van der Waals surface area contributed by atoms with Gasteiger partial charge in [0.25, 0.3) is 0 Å². The second kappa shape index (κ2) is 5.95. The van der Waals surface area contributed by atoms with Gasteiger partial charge in [-0.25, -0.2) is 0 Å². The van der Waals surface area contributed by atoms with Gasteiger partial charge in [0.15, 0.2) is 11.5 Å². The highest BCUT2D eigenvalue weighted by molar-refractivity contribution is 6.36. The number of aromatic nitrogens is 1. The second-order valence-corrected chi connectivity index (χ2v) is 5.10. The number of ether oxygens (including phenoxy) is 4. The van der Waals surface area contributed by atoms with Crippen LogP contribution in [0.3, 0.4) is 0 Å². The lowest BCUT2D eigenvalue weighted by Crippen LogP contribution is -2.17. The minimum atomic E-state index is 0.428. The topological polar surface area (TPSA) is 49.8 Å². The first-order valence-electron chi connectivity index (χ1n) is 6.71. The third kappa shape index (κ3) is 2.59. The van der Waals surface area contributed by atoms with Crippen molar-refractivity contribution >= 4 is 22.5 Å². The maximum Gasteiger partial charge on any atom is 0.204 e. The third-order valence-corrected chi connectivity index (χ3v) is 3.75. The van der Waals surface area contributed by atoms with Gasteiger partial charge < -0.3 is 18.9 Å². The molecule has 2 aromatic rings. The van der Waals surface area contributed by atoms with Crippen molar-refractivity contribution in [2.24, 2.45) is 0 Å². The highest BCUT2D eigenvalue weighted by Crippen LogP contribution is 2.47. The number of nitrogens with zero attached hydrogens (tertiary/aromatic N) is 1. The van der Waals surface area contributed by atoms with Crippen LogP contribution in [0.15, 0.2) is 12.3 Å². The highest BCUT2D eigenvalue weighted by Gasteiger charge is 2.24. The Hall–Kier alpha value is -1.72. The first-order valence-corrected chi connectivity index (χ1v) is 7.09. The zero-order valence-corrected chi connectivity index (χ0v) is 12.7. The average Bonchev–Trinajstić information content (AvgIpc) is 2.51. The Morgan fingerprint density at radius 2 is 2.00 bits per heavy atom. The molecule has 0 aliphatic carbocycles. The van der Waals surface area contributed by atoms with Crippen LogP contribution in [0.4, 0.5) is 0 Å². The maximum absolute atomic E-state index is 6.41. The Balaban J connectivity index is 2.15. The fourth-order valence-corrected chi connectivity index (χ4v) is 2.47. The Bertz CT molecular complexity index is 675. The highest BCUT2D eigenvalue weighted by atomic mass is 35.5. The van der Waals surface area contributed by atoms with E-state index in [0.717, 1.165) is 16.5 Å². The lowest BCUT2D eigenvalue weighted by Gasteiger charge is -2.23. The number of aryl methyl sites for hydroxylation is 1. The Labute approximate surface area is 127 Å². The number of halogens is 1. The molecule has 0 radical (unpaired) electrons. The largest absolute Gasteiger partial charge is 0.487 e. The summed E-state index contributed by atoms with van der Waals surface area (Å²) in [6.45, 7) is 3.80. The number of methoxy groups -OCH3 is 1. The summed E-state index contributed by atoms with van der Waals surface area (Å²) in [6.07, 6.45) is 1.74. The molecule has 1 aliphatic rings. The minimum Gasteiger partial charge on any atom is -0.487 e. The van der Waals surface area contributed by atoms with E-state index in [1.807, 2.05) is 13.0 Å². The number of rotatable bonds is 4. The molecular weight excluding hydrogens is 294 g/mol. The number of pyridine rings is 1. The summed E-state index contributed by atoms with van der Waals surface area (Å²) in [5, 5.41) is 1.40. The summed E-state index contributed by atoms with van der Waals surface area (Å²) in [5.41, 5.74) is 1.62. The molecule has 0 unspecified atom stereocenters. The Morgan fingerprint density at radius 1 is 1.24 bits per heavy atom. The summed E-state index contributed by atoms with van der Waals surface area (Å²) in [6, 6.07) is 1.82. The van der Waals surface area contributed by atoms with Crippen molar-refractivity contribution in [1.82, 2.24) is 4.98 Å². The molecule has 1 aromatic carbocycles. The summed E-state index contributed by atoms with van der Waals surface area (Å²) >= 11 is 6.41. The van der Waals surface area contributed by atoms with Gasteiger partial charge in [0, 0.05) is 19.4 Å². The molecule has 0 amide bonds. The van der Waals surface area contributed by atoms with E-state index in [-0.39, 0.29) is 0 Å². The fourth-order valence-electron chi connectivity index (χ4n) is 2.24. The van der Waals surface area contributed by atoms with E-state index in [1.54, 1.807) is 13.3 Å². The van der Waals surface area contributed by atoms with Gasteiger partial charge >= 0.3 is 0 Å². The van der Waals surface area contributed by atoms with Crippen LogP contribution < -0.4 is 14.2 Å². The molecule has 0 fully saturated rings. The van der Waals surface area contributed by atoms with Crippen molar-refractivity contribution in [1.29, 1.82) is 0 Å². The van der Waals surface area contributed by atoms with E-state index in [0.29, 0.717) is 48.7 Å². The van der Waals surface area contributed by atoms with Gasteiger partial charge in [-0.15, -0.1) is 0 Å². The Morgan fingerprint density at radius 3 is 2.76 bits per heavy atom. The number of hydrogen-bond donors (Lipinski definition) is 0. The van der Waals surface area contributed by atoms with Gasteiger partial charge in [-0.1, -0.05) is 11.6 Å². The second-order valence-electron chi connectivity index (χ2n) is 4.72. The van der Waals surface area contributed by atoms with E-state index in [1.165, 1.54) is 0 Å². The van der Waals surface area contributed by atoms with Crippen LogP contribution in [0, 0.1) is 6.92 Å². The molecule has 21 heavy (non-hydrogen) atoms.